The summed E-state index contributed by atoms with van der Waals surface area (Å²) < 4.78 is 10.7. The topological polar surface area (TPSA) is 67.5 Å². The predicted molar refractivity (Wildman–Crippen MR) is 98.6 cm³/mol. The van der Waals surface area contributed by atoms with Crippen molar-refractivity contribution < 1.29 is 9.47 Å². The molecular formula is C20H25N3O3. The van der Waals surface area contributed by atoms with Crippen molar-refractivity contribution in [1.29, 1.82) is 0 Å². The van der Waals surface area contributed by atoms with Crippen LogP contribution in [0.4, 0.5) is 0 Å². The van der Waals surface area contributed by atoms with Crippen molar-refractivity contribution in [2.24, 2.45) is 5.92 Å². The monoisotopic (exact) mass is 355 g/mol. The number of hydrogen-bond acceptors (Lipinski definition) is 5. The van der Waals surface area contributed by atoms with Crippen molar-refractivity contribution in [2.75, 3.05) is 20.8 Å². The van der Waals surface area contributed by atoms with E-state index in [2.05, 4.69) is 9.88 Å². The number of aromatic nitrogens is 2. The van der Waals surface area contributed by atoms with Crippen molar-refractivity contribution in [1.82, 2.24) is 14.9 Å². The standard InChI is InChI=1S/C20H25N3O3/c1-25-15-7-14(8-16(10-15)26-2)11-23-6-5-17-18(12-23)21-19(22-20(17)24)9-13-3-4-13/h7-8,10,13H,3-6,9,11-12H2,1-2H3,(H,21,22,24). The SMILES string of the molecule is COc1cc(CN2CCc3c(nc(CC4CC4)[nH]c3=O)C2)cc(OC)c1. The maximum Gasteiger partial charge on any atom is 0.254 e. The Balaban J connectivity index is 1.52. The van der Waals surface area contributed by atoms with Gasteiger partial charge in [0.15, 0.2) is 0 Å². The third-order valence-corrected chi connectivity index (χ3v) is 5.20. The summed E-state index contributed by atoms with van der Waals surface area (Å²) in [5.41, 5.74) is 2.97. The maximum absolute atomic E-state index is 12.4. The number of rotatable bonds is 6. The molecule has 0 unspecified atom stereocenters. The summed E-state index contributed by atoms with van der Waals surface area (Å²) in [6, 6.07) is 5.93. The zero-order chi connectivity index (χ0) is 18.1. The van der Waals surface area contributed by atoms with Crippen molar-refractivity contribution in [3.63, 3.8) is 0 Å². The molecule has 2 aliphatic rings. The summed E-state index contributed by atoms with van der Waals surface area (Å²) in [5.74, 6) is 3.14. The zero-order valence-electron chi connectivity index (χ0n) is 15.4. The first-order chi connectivity index (χ1) is 12.6. The van der Waals surface area contributed by atoms with Gasteiger partial charge in [-0.15, -0.1) is 0 Å². The molecule has 138 valence electrons. The molecule has 0 atom stereocenters. The third kappa shape index (κ3) is 3.75. The summed E-state index contributed by atoms with van der Waals surface area (Å²) in [5, 5.41) is 0. The molecule has 0 spiro atoms. The summed E-state index contributed by atoms with van der Waals surface area (Å²) in [6.07, 6.45) is 4.15. The van der Waals surface area contributed by atoms with E-state index in [1.54, 1.807) is 14.2 Å². The van der Waals surface area contributed by atoms with E-state index in [0.717, 1.165) is 60.1 Å². The van der Waals surface area contributed by atoms with Gasteiger partial charge in [-0.25, -0.2) is 4.98 Å². The second kappa shape index (κ2) is 7.11. The highest BCUT2D eigenvalue weighted by atomic mass is 16.5. The zero-order valence-corrected chi connectivity index (χ0v) is 15.4. The molecule has 1 aromatic carbocycles. The Bertz CT molecular complexity index is 836. The van der Waals surface area contributed by atoms with Crippen LogP contribution in [-0.2, 0) is 25.9 Å². The first-order valence-electron chi connectivity index (χ1n) is 9.20. The van der Waals surface area contributed by atoms with Gasteiger partial charge in [-0.05, 0) is 42.9 Å². The van der Waals surface area contributed by atoms with E-state index in [1.165, 1.54) is 12.8 Å². The lowest BCUT2D eigenvalue weighted by atomic mass is 10.0. The number of hydrogen-bond donors (Lipinski definition) is 1. The molecule has 6 nitrogen and oxygen atoms in total. The van der Waals surface area contributed by atoms with E-state index in [-0.39, 0.29) is 5.56 Å². The van der Waals surface area contributed by atoms with Crippen LogP contribution >= 0.6 is 0 Å². The quantitative estimate of drug-likeness (QED) is 0.861. The number of nitrogens with one attached hydrogen (secondary N) is 1. The summed E-state index contributed by atoms with van der Waals surface area (Å²) >= 11 is 0. The fraction of sp³-hybridized carbons (Fsp3) is 0.500. The number of fused-ring (bicyclic) bond motifs is 1. The van der Waals surface area contributed by atoms with E-state index in [4.69, 9.17) is 14.5 Å². The number of nitrogens with zero attached hydrogens (tertiary/aromatic N) is 2. The molecule has 0 bridgehead atoms. The Kier molecular flexibility index (Phi) is 4.68. The lowest BCUT2D eigenvalue weighted by Gasteiger charge is -2.28. The average molecular weight is 355 g/mol. The summed E-state index contributed by atoms with van der Waals surface area (Å²) in [7, 11) is 3.32. The van der Waals surface area contributed by atoms with Gasteiger partial charge in [0.1, 0.15) is 17.3 Å². The van der Waals surface area contributed by atoms with Crippen molar-refractivity contribution in [2.45, 2.75) is 38.8 Å². The number of H-pyrrole nitrogens is 1. The normalized spacial score (nSPS) is 17.0. The molecule has 1 saturated carbocycles. The van der Waals surface area contributed by atoms with Crippen LogP contribution in [-0.4, -0.2) is 35.6 Å². The van der Waals surface area contributed by atoms with E-state index < -0.39 is 0 Å². The second-order valence-corrected chi connectivity index (χ2v) is 7.27. The van der Waals surface area contributed by atoms with Crippen LogP contribution in [0.25, 0.3) is 0 Å². The predicted octanol–water partition coefficient (Wildman–Crippen LogP) is 2.30. The number of ether oxygens (including phenoxy) is 2. The molecule has 1 aliphatic carbocycles. The van der Waals surface area contributed by atoms with E-state index in [1.807, 2.05) is 18.2 Å². The molecule has 1 N–H and O–H groups in total. The number of benzene rings is 1. The lowest BCUT2D eigenvalue weighted by molar-refractivity contribution is 0.239. The van der Waals surface area contributed by atoms with Crippen molar-refractivity contribution >= 4 is 0 Å². The molecule has 6 heteroatoms. The molecule has 1 aliphatic heterocycles. The maximum atomic E-state index is 12.4. The van der Waals surface area contributed by atoms with Crippen LogP contribution in [0.1, 0.15) is 35.5 Å². The van der Waals surface area contributed by atoms with Gasteiger partial charge >= 0.3 is 0 Å². The van der Waals surface area contributed by atoms with Crippen molar-refractivity contribution in [3.8, 4) is 11.5 Å². The van der Waals surface area contributed by atoms with Gasteiger partial charge < -0.3 is 14.5 Å². The molecule has 0 saturated heterocycles. The minimum absolute atomic E-state index is 0.0494. The fourth-order valence-electron chi connectivity index (χ4n) is 3.59. The molecule has 2 aromatic rings. The average Bonchev–Trinajstić information content (AvgIpc) is 3.45. The minimum atomic E-state index is 0.0494. The van der Waals surface area contributed by atoms with Crippen LogP contribution in [0.2, 0.25) is 0 Å². The van der Waals surface area contributed by atoms with Gasteiger partial charge in [0.2, 0.25) is 0 Å². The molecule has 0 amide bonds. The van der Waals surface area contributed by atoms with Crippen LogP contribution in [0.5, 0.6) is 11.5 Å². The Hall–Kier alpha value is -2.34. The van der Waals surface area contributed by atoms with E-state index in [9.17, 15) is 4.79 Å². The molecule has 4 rings (SSSR count). The molecule has 1 aromatic heterocycles. The molecule has 2 heterocycles. The third-order valence-electron chi connectivity index (χ3n) is 5.20. The van der Waals surface area contributed by atoms with Gasteiger partial charge in [-0.1, -0.05) is 0 Å². The van der Waals surface area contributed by atoms with Crippen molar-refractivity contribution in [3.05, 3.63) is 51.2 Å². The number of methoxy groups -OCH3 is 2. The smallest absolute Gasteiger partial charge is 0.254 e. The van der Waals surface area contributed by atoms with Crippen LogP contribution < -0.4 is 15.0 Å². The lowest BCUT2D eigenvalue weighted by Crippen LogP contribution is -2.35. The van der Waals surface area contributed by atoms with Gasteiger partial charge in [0.05, 0.1) is 19.9 Å². The van der Waals surface area contributed by atoms with Gasteiger partial charge in [-0.2, -0.15) is 0 Å². The van der Waals surface area contributed by atoms with Crippen LogP contribution in [0.15, 0.2) is 23.0 Å². The second-order valence-electron chi connectivity index (χ2n) is 7.27. The van der Waals surface area contributed by atoms with E-state index >= 15 is 0 Å². The van der Waals surface area contributed by atoms with Gasteiger partial charge in [0, 0.05) is 37.7 Å². The summed E-state index contributed by atoms with van der Waals surface area (Å²) in [4.78, 5) is 22.4. The first kappa shape index (κ1) is 17.1. The Morgan fingerprint density at radius 3 is 2.58 bits per heavy atom. The largest absolute Gasteiger partial charge is 0.497 e. The highest BCUT2D eigenvalue weighted by Crippen LogP contribution is 2.31. The minimum Gasteiger partial charge on any atom is -0.497 e. The Morgan fingerprint density at radius 1 is 1.19 bits per heavy atom. The van der Waals surface area contributed by atoms with Crippen LogP contribution in [0.3, 0.4) is 0 Å². The highest BCUT2D eigenvalue weighted by Gasteiger charge is 2.25. The van der Waals surface area contributed by atoms with E-state index in [0.29, 0.717) is 12.5 Å². The Labute approximate surface area is 153 Å². The molecular weight excluding hydrogens is 330 g/mol. The highest BCUT2D eigenvalue weighted by molar-refractivity contribution is 5.38. The fourth-order valence-corrected chi connectivity index (χ4v) is 3.59. The molecule has 26 heavy (non-hydrogen) atoms. The molecule has 1 fully saturated rings. The van der Waals surface area contributed by atoms with Gasteiger partial charge in [0.25, 0.3) is 5.56 Å². The summed E-state index contributed by atoms with van der Waals surface area (Å²) in [6.45, 7) is 2.33. The molecule has 0 radical (unpaired) electrons. The Morgan fingerprint density at radius 2 is 1.92 bits per heavy atom. The van der Waals surface area contributed by atoms with Crippen LogP contribution in [0, 0.1) is 5.92 Å². The first-order valence-corrected chi connectivity index (χ1v) is 9.20. The van der Waals surface area contributed by atoms with Gasteiger partial charge in [-0.3, -0.25) is 9.69 Å². The number of aromatic amines is 1.